The number of amides is 1. The van der Waals surface area contributed by atoms with Crippen LogP contribution in [0.5, 0.6) is 11.5 Å². The molecule has 236 valence electrons. The van der Waals surface area contributed by atoms with Crippen LogP contribution in [0.3, 0.4) is 0 Å². The molecule has 0 aliphatic carbocycles. The molecule has 1 aliphatic rings. The quantitative estimate of drug-likeness (QED) is 0.228. The number of halogens is 2. The Bertz CT molecular complexity index is 1770. The Morgan fingerprint density at radius 3 is 2.60 bits per heavy atom. The molecule has 1 fully saturated rings. The molecule has 1 saturated heterocycles. The van der Waals surface area contributed by atoms with E-state index in [-0.39, 0.29) is 35.5 Å². The van der Waals surface area contributed by atoms with Gasteiger partial charge in [-0.2, -0.15) is 4.98 Å². The molecule has 1 aliphatic heterocycles. The van der Waals surface area contributed by atoms with Crippen molar-refractivity contribution < 1.29 is 27.8 Å². The van der Waals surface area contributed by atoms with Crippen molar-refractivity contribution >= 4 is 28.6 Å². The molecule has 0 bridgehead atoms. The highest BCUT2D eigenvalue weighted by Crippen LogP contribution is 2.33. The Labute approximate surface area is 258 Å². The molecule has 0 spiro atoms. The van der Waals surface area contributed by atoms with Crippen molar-refractivity contribution in [3.05, 3.63) is 82.8 Å². The zero-order chi connectivity index (χ0) is 31.9. The highest BCUT2D eigenvalue weighted by atomic mass is 19.1. The first-order valence-corrected chi connectivity index (χ1v) is 14.4. The van der Waals surface area contributed by atoms with Gasteiger partial charge in [0.1, 0.15) is 17.2 Å². The number of methoxy groups -OCH3 is 2. The van der Waals surface area contributed by atoms with Crippen LogP contribution in [0.1, 0.15) is 5.56 Å². The molecule has 0 atom stereocenters. The maximum absolute atomic E-state index is 15.5. The maximum atomic E-state index is 15.5. The van der Waals surface area contributed by atoms with Gasteiger partial charge in [0.15, 0.2) is 11.6 Å². The molecule has 45 heavy (non-hydrogen) atoms. The van der Waals surface area contributed by atoms with E-state index in [0.717, 1.165) is 25.7 Å². The van der Waals surface area contributed by atoms with E-state index in [9.17, 15) is 14.0 Å². The van der Waals surface area contributed by atoms with Gasteiger partial charge < -0.3 is 24.8 Å². The number of benzene rings is 2. The molecule has 2 aromatic carbocycles. The van der Waals surface area contributed by atoms with E-state index >= 15 is 4.39 Å². The molecule has 3 heterocycles. The van der Waals surface area contributed by atoms with Crippen molar-refractivity contribution in [3.8, 4) is 22.6 Å². The van der Waals surface area contributed by atoms with Gasteiger partial charge in [-0.3, -0.25) is 19.1 Å². The predicted molar refractivity (Wildman–Crippen MR) is 167 cm³/mol. The van der Waals surface area contributed by atoms with Crippen LogP contribution in [0.2, 0.25) is 0 Å². The molecule has 0 unspecified atom stereocenters. The minimum absolute atomic E-state index is 0.00656. The predicted octanol–water partition coefficient (Wildman–Crippen LogP) is 3.87. The molecule has 0 radical (unpaired) electrons. The number of nitrogens with zero attached hydrogens (tertiary/aromatic N) is 4. The Balaban J connectivity index is 1.51. The number of hydrogen-bond acceptors (Lipinski definition) is 9. The highest BCUT2D eigenvalue weighted by molar-refractivity contribution is 5.98. The van der Waals surface area contributed by atoms with Crippen LogP contribution in [0, 0.1) is 11.6 Å². The average molecular weight is 621 g/mol. The second-order valence-electron chi connectivity index (χ2n) is 10.3. The van der Waals surface area contributed by atoms with Crippen LogP contribution in [0.25, 0.3) is 22.2 Å². The van der Waals surface area contributed by atoms with Crippen LogP contribution in [-0.4, -0.2) is 79.0 Å². The summed E-state index contributed by atoms with van der Waals surface area (Å²) >= 11 is 0. The van der Waals surface area contributed by atoms with E-state index in [4.69, 9.17) is 14.2 Å². The minimum atomic E-state index is -0.720. The molecule has 4 aromatic rings. The molecule has 5 rings (SSSR count). The summed E-state index contributed by atoms with van der Waals surface area (Å²) in [5, 5.41) is 6.13. The fraction of sp³-hybridized carbons (Fsp3) is 0.312. The lowest BCUT2D eigenvalue weighted by Crippen LogP contribution is -2.39. The number of aromatic nitrogens is 3. The fourth-order valence-corrected chi connectivity index (χ4v) is 5.07. The number of anilines is 2. The summed E-state index contributed by atoms with van der Waals surface area (Å²) in [6.07, 6.45) is 2.86. The lowest BCUT2D eigenvalue weighted by molar-refractivity contribution is -0.111. The zero-order valence-corrected chi connectivity index (χ0v) is 25.1. The van der Waals surface area contributed by atoms with Crippen LogP contribution in [0.15, 0.2) is 60.0 Å². The highest BCUT2D eigenvalue weighted by Gasteiger charge is 2.20. The third-order valence-electron chi connectivity index (χ3n) is 7.50. The third-order valence-corrected chi connectivity index (χ3v) is 7.50. The molecule has 11 nitrogen and oxygen atoms in total. The van der Waals surface area contributed by atoms with Crippen molar-refractivity contribution in [1.29, 1.82) is 0 Å². The fourth-order valence-electron chi connectivity index (χ4n) is 5.07. The van der Waals surface area contributed by atoms with Gasteiger partial charge in [0.25, 0.3) is 5.56 Å². The Morgan fingerprint density at radius 1 is 1.09 bits per heavy atom. The topological polar surface area (TPSA) is 120 Å². The van der Waals surface area contributed by atoms with E-state index < -0.39 is 23.1 Å². The van der Waals surface area contributed by atoms with Gasteiger partial charge in [0.2, 0.25) is 11.9 Å². The monoisotopic (exact) mass is 620 g/mol. The molecular formula is C32H34F2N6O5. The summed E-state index contributed by atoms with van der Waals surface area (Å²) in [7, 11) is 2.76. The molecule has 13 heteroatoms. The van der Waals surface area contributed by atoms with Gasteiger partial charge in [-0.15, -0.1) is 0 Å². The average Bonchev–Trinajstić information content (AvgIpc) is 3.06. The number of carbonyl (C=O) groups is 1. The lowest BCUT2D eigenvalue weighted by atomic mass is 10.0. The number of pyridine rings is 1. The molecule has 2 aromatic heterocycles. The number of hydrogen-bond donors (Lipinski definition) is 2. The number of morpholine rings is 1. The van der Waals surface area contributed by atoms with Crippen molar-refractivity contribution in [1.82, 2.24) is 19.4 Å². The molecule has 1 amide bonds. The molecule has 0 saturated carbocycles. The van der Waals surface area contributed by atoms with Crippen molar-refractivity contribution in [2.24, 2.45) is 0 Å². The van der Waals surface area contributed by atoms with Crippen molar-refractivity contribution in [2.45, 2.75) is 13.0 Å². The standard InChI is InChI=1S/C32H34F2N6O5/c1-4-28(41)37-26-6-5-20(15-25(26)33)7-9-40-30-21(19-36-32(38-30)35-8-10-39-11-13-45-14-12-39)16-24(31(40)42)23-17-22(43-2)18-27(44-3)29(23)34/h4-6,15-19H,1,7-14H2,2-3H3,(H,37,41)(H,35,36,38). The summed E-state index contributed by atoms with van der Waals surface area (Å²) < 4.78 is 47.6. The van der Waals surface area contributed by atoms with Gasteiger partial charge in [-0.1, -0.05) is 12.6 Å². The van der Waals surface area contributed by atoms with Gasteiger partial charge in [-0.25, -0.2) is 13.8 Å². The number of aryl methyl sites for hydroxylation is 2. The second-order valence-corrected chi connectivity index (χ2v) is 10.3. The normalized spacial score (nSPS) is 13.4. The number of rotatable bonds is 12. The van der Waals surface area contributed by atoms with Crippen LogP contribution < -0.4 is 25.7 Å². The van der Waals surface area contributed by atoms with Crippen LogP contribution in [0.4, 0.5) is 20.4 Å². The smallest absolute Gasteiger partial charge is 0.260 e. The van der Waals surface area contributed by atoms with E-state index in [2.05, 4.69) is 32.1 Å². The zero-order valence-electron chi connectivity index (χ0n) is 25.1. The van der Waals surface area contributed by atoms with Crippen LogP contribution >= 0.6 is 0 Å². The van der Waals surface area contributed by atoms with E-state index in [1.54, 1.807) is 18.3 Å². The van der Waals surface area contributed by atoms with Gasteiger partial charge in [0, 0.05) is 55.9 Å². The molecule has 2 N–H and O–H groups in total. The maximum Gasteiger partial charge on any atom is 0.260 e. The number of carbonyl (C=O) groups excluding carboxylic acids is 1. The largest absolute Gasteiger partial charge is 0.497 e. The first kappa shape index (κ1) is 31.5. The lowest BCUT2D eigenvalue weighted by Gasteiger charge is -2.26. The number of nitrogens with one attached hydrogen (secondary N) is 2. The Kier molecular flexibility index (Phi) is 10.0. The first-order chi connectivity index (χ1) is 21.8. The summed E-state index contributed by atoms with van der Waals surface area (Å²) in [5.74, 6) is -1.32. The van der Waals surface area contributed by atoms with E-state index in [1.165, 1.54) is 43.1 Å². The van der Waals surface area contributed by atoms with Crippen LogP contribution in [-0.2, 0) is 22.5 Å². The number of ether oxygens (including phenoxy) is 3. The number of fused-ring (bicyclic) bond motifs is 1. The van der Waals surface area contributed by atoms with Gasteiger partial charge >= 0.3 is 0 Å². The van der Waals surface area contributed by atoms with Gasteiger partial charge in [-0.05, 0) is 42.3 Å². The minimum Gasteiger partial charge on any atom is -0.497 e. The third kappa shape index (κ3) is 7.27. The van der Waals surface area contributed by atoms with E-state index in [0.29, 0.717) is 48.1 Å². The van der Waals surface area contributed by atoms with Crippen molar-refractivity contribution in [3.63, 3.8) is 0 Å². The van der Waals surface area contributed by atoms with E-state index in [1.807, 2.05) is 0 Å². The summed E-state index contributed by atoms with van der Waals surface area (Å²) in [6.45, 7) is 7.88. The summed E-state index contributed by atoms with van der Waals surface area (Å²) in [6, 6.07) is 8.75. The summed E-state index contributed by atoms with van der Waals surface area (Å²) in [5.41, 5.74) is 0.455. The van der Waals surface area contributed by atoms with Gasteiger partial charge in [0.05, 0.1) is 38.7 Å². The first-order valence-electron chi connectivity index (χ1n) is 14.4. The molecular weight excluding hydrogens is 586 g/mol. The Morgan fingerprint density at radius 2 is 1.89 bits per heavy atom. The second kappa shape index (κ2) is 14.3. The SMILES string of the molecule is C=CC(=O)Nc1ccc(CCn2c(=O)c(-c3cc(OC)cc(OC)c3F)cc3cnc(NCCN4CCOCC4)nc32)cc1F. The van der Waals surface area contributed by atoms with Crippen molar-refractivity contribution in [2.75, 3.05) is 64.2 Å². The summed E-state index contributed by atoms with van der Waals surface area (Å²) in [4.78, 5) is 37.0. The Hall–Kier alpha value is -4.88.